The van der Waals surface area contributed by atoms with Gasteiger partial charge in [-0.1, -0.05) is 18.2 Å². The summed E-state index contributed by atoms with van der Waals surface area (Å²) in [6, 6.07) is 12.8. The molecule has 3 aromatic rings. The molecule has 4 bridgehead atoms. The number of pyridine rings is 1. The van der Waals surface area contributed by atoms with E-state index in [9.17, 15) is 9.59 Å². The molecule has 4 fully saturated rings. The van der Waals surface area contributed by atoms with Crippen molar-refractivity contribution in [2.75, 3.05) is 6.61 Å². The average Bonchev–Trinajstić information content (AvgIpc) is 3.22. The van der Waals surface area contributed by atoms with Crippen LogP contribution < -0.4 is 5.32 Å². The Bertz CT molecular complexity index is 1210. The summed E-state index contributed by atoms with van der Waals surface area (Å²) in [6.45, 7) is 1.59. The maximum absolute atomic E-state index is 13.1. The maximum Gasteiger partial charge on any atom is 0.339 e. The first-order valence-corrected chi connectivity index (χ1v) is 11.9. The van der Waals surface area contributed by atoms with E-state index < -0.39 is 5.97 Å². The van der Waals surface area contributed by atoms with Crippen molar-refractivity contribution in [3.8, 4) is 11.5 Å². The fourth-order valence-electron chi connectivity index (χ4n) is 6.85. The van der Waals surface area contributed by atoms with Gasteiger partial charge in [-0.15, -0.1) is 0 Å². The predicted molar refractivity (Wildman–Crippen MR) is 124 cm³/mol. The molecular formula is C27H28N2O4. The van der Waals surface area contributed by atoms with Crippen molar-refractivity contribution in [3.05, 3.63) is 53.8 Å². The normalized spacial score (nSPS) is 27.6. The fourth-order valence-corrected chi connectivity index (χ4v) is 6.85. The summed E-state index contributed by atoms with van der Waals surface area (Å²) in [6.07, 6.45) is 7.16. The van der Waals surface area contributed by atoms with Crippen LogP contribution in [0, 0.1) is 24.7 Å². The number of fused-ring (bicyclic) bond motifs is 1. The summed E-state index contributed by atoms with van der Waals surface area (Å²) >= 11 is 0. The highest BCUT2D eigenvalue weighted by Gasteiger charge is 2.51. The Balaban J connectivity index is 1.19. The monoisotopic (exact) mass is 444 g/mol. The summed E-state index contributed by atoms with van der Waals surface area (Å²) in [7, 11) is 0. The van der Waals surface area contributed by atoms with Crippen LogP contribution in [-0.4, -0.2) is 29.0 Å². The van der Waals surface area contributed by atoms with Crippen LogP contribution in [0.15, 0.2) is 46.9 Å². The highest BCUT2D eigenvalue weighted by atomic mass is 16.5. The molecule has 4 aliphatic carbocycles. The average molecular weight is 445 g/mol. The summed E-state index contributed by atoms with van der Waals surface area (Å²) in [5.74, 6) is 2.85. The van der Waals surface area contributed by atoms with Crippen LogP contribution in [0.2, 0.25) is 0 Å². The molecule has 4 aliphatic rings. The van der Waals surface area contributed by atoms with Crippen LogP contribution in [0.3, 0.4) is 0 Å². The molecule has 0 radical (unpaired) electrons. The third-order valence-corrected chi connectivity index (χ3v) is 7.71. The number of aryl methyl sites for hydroxylation is 1. The number of para-hydroxylation sites is 1. The van der Waals surface area contributed by atoms with E-state index >= 15 is 0 Å². The first-order chi connectivity index (χ1) is 16.0. The minimum Gasteiger partial charge on any atom is -0.460 e. The minimum absolute atomic E-state index is 0.0913. The number of carbonyl (C=O) groups is 2. The Hall–Kier alpha value is -3.15. The van der Waals surface area contributed by atoms with Gasteiger partial charge < -0.3 is 14.5 Å². The van der Waals surface area contributed by atoms with Crippen LogP contribution in [0.4, 0.5) is 0 Å². The van der Waals surface area contributed by atoms with Crippen molar-refractivity contribution in [2.45, 2.75) is 51.0 Å². The molecule has 0 unspecified atom stereocenters. The van der Waals surface area contributed by atoms with E-state index in [1.807, 2.05) is 43.3 Å². The molecule has 0 atom stereocenters. The third-order valence-electron chi connectivity index (χ3n) is 7.71. The van der Waals surface area contributed by atoms with Crippen LogP contribution in [0.5, 0.6) is 0 Å². The lowest BCUT2D eigenvalue weighted by atomic mass is 9.53. The number of nitrogens with zero attached hydrogens (tertiary/aromatic N) is 1. The number of amides is 1. The standard InChI is InChI=1S/C27H28N2O4/c1-16-6-7-24(33-16)23-11-21(20-4-2-3-5-22(20)28-23)26(31)32-15-25(30)29-27-12-17-8-18(13-27)10-19(9-17)14-27/h2-7,11,17-19H,8-10,12-15H2,1H3,(H,29,30). The lowest BCUT2D eigenvalue weighted by Gasteiger charge is -2.56. The zero-order valence-corrected chi connectivity index (χ0v) is 18.8. The lowest BCUT2D eigenvalue weighted by Crippen LogP contribution is -2.60. The molecule has 33 heavy (non-hydrogen) atoms. The maximum atomic E-state index is 13.1. The molecule has 4 saturated carbocycles. The van der Waals surface area contributed by atoms with Crippen LogP contribution >= 0.6 is 0 Å². The summed E-state index contributed by atoms with van der Waals surface area (Å²) in [5, 5.41) is 3.96. The van der Waals surface area contributed by atoms with E-state index in [2.05, 4.69) is 10.3 Å². The predicted octanol–water partition coefficient (Wildman–Crippen LogP) is 5.05. The Morgan fingerprint density at radius 3 is 2.42 bits per heavy atom. The zero-order chi connectivity index (χ0) is 22.6. The third kappa shape index (κ3) is 3.81. The molecule has 0 aliphatic heterocycles. The van der Waals surface area contributed by atoms with Gasteiger partial charge >= 0.3 is 5.97 Å². The van der Waals surface area contributed by atoms with Gasteiger partial charge in [-0.2, -0.15) is 0 Å². The van der Waals surface area contributed by atoms with Gasteiger partial charge in [-0.3, -0.25) is 4.79 Å². The van der Waals surface area contributed by atoms with Crippen molar-refractivity contribution < 1.29 is 18.7 Å². The molecule has 2 aromatic heterocycles. The molecule has 2 heterocycles. The number of aromatic nitrogens is 1. The first-order valence-electron chi connectivity index (χ1n) is 11.9. The molecule has 1 N–H and O–H groups in total. The minimum atomic E-state index is -0.529. The Labute approximate surface area is 192 Å². The topological polar surface area (TPSA) is 81.4 Å². The van der Waals surface area contributed by atoms with Crippen LogP contribution in [-0.2, 0) is 9.53 Å². The van der Waals surface area contributed by atoms with E-state index in [4.69, 9.17) is 9.15 Å². The van der Waals surface area contributed by atoms with Crippen molar-refractivity contribution in [3.63, 3.8) is 0 Å². The first kappa shape index (κ1) is 20.5. The number of ether oxygens (including phenoxy) is 1. The summed E-state index contributed by atoms with van der Waals surface area (Å²) < 4.78 is 11.2. The van der Waals surface area contributed by atoms with E-state index in [1.54, 1.807) is 6.07 Å². The summed E-state index contributed by atoms with van der Waals surface area (Å²) in [5.41, 5.74) is 1.53. The molecule has 6 nitrogen and oxygen atoms in total. The van der Waals surface area contributed by atoms with Gasteiger partial charge in [0.25, 0.3) is 5.91 Å². The van der Waals surface area contributed by atoms with Gasteiger partial charge in [0.1, 0.15) is 11.5 Å². The molecule has 1 amide bonds. The van der Waals surface area contributed by atoms with E-state index in [0.717, 1.165) is 42.8 Å². The Morgan fingerprint density at radius 1 is 1.06 bits per heavy atom. The van der Waals surface area contributed by atoms with Crippen LogP contribution in [0.1, 0.15) is 54.6 Å². The second-order valence-corrected chi connectivity index (χ2v) is 10.3. The number of hydrogen-bond acceptors (Lipinski definition) is 5. The second kappa shape index (κ2) is 7.72. The lowest BCUT2D eigenvalue weighted by molar-refractivity contribution is -0.130. The highest BCUT2D eigenvalue weighted by molar-refractivity contribution is 6.05. The van der Waals surface area contributed by atoms with Gasteiger partial charge in [0.15, 0.2) is 12.4 Å². The SMILES string of the molecule is Cc1ccc(-c2cc(C(=O)OCC(=O)NC34CC5CC(CC(C5)C3)C4)c3ccccc3n2)o1. The quantitative estimate of drug-likeness (QED) is 0.557. The van der Waals surface area contributed by atoms with E-state index in [1.165, 1.54) is 19.3 Å². The molecule has 0 saturated heterocycles. The molecular weight excluding hydrogens is 416 g/mol. The van der Waals surface area contributed by atoms with Crippen molar-refractivity contribution in [2.24, 2.45) is 17.8 Å². The smallest absolute Gasteiger partial charge is 0.339 e. The largest absolute Gasteiger partial charge is 0.460 e. The fraction of sp³-hybridized carbons (Fsp3) is 0.444. The van der Waals surface area contributed by atoms with Crippen molar-refractivity contribution in [1.82, 2.24) is 10.3 Å². The number of carbonyl (C=O) groups excluding carboxylic acids is 2. The molecule has 170 valence electrons. The number of rotatable bonds is 5. The van der Waals surface area contributed by atoms with Gasteiger partial charge in [0, 0.05) is 10.9 Å². The number of nitrogens with one attached hydrogen (secondary N) is 1. The van der Waals surface area contributed by atoms with Gasteiger partial charge in [-0.25, -0.2) is 9.78 Å². The summed E-state index contributed by atoms with van der Waals surface area (Å²) in [4.78, 5) is 30.5. The number of hydrogen-bond donors (Lipinski definition) is 1. The van der Waals surface area contributed by atoms with E-state index in [-0.39, 0.29) is 18.1 Å². The number of benzene rings is 1. The number of furan rings is 1. The zero-order valence-electron chi connectivity index (χ0n) is 18.8. The molecule has 6 heteroatoms. The van der Waals surface area contributed by atoms with Crippen LogP contribution in [0.25, 0.3) is 22.4 Å². The Morgan fingerprint density at radius 2 is 1.76 bits per heavy atom. The molecule has 0 spiro atoms. The molecule has 1 aromatic carbocycles. The molecule has 7 rings (SSSR count). The van der Waals surface area contributed by atoms with Gasteiger partial charge in [0.2, 0.25) is 0 Å². The second-order valence-electron chi connectivity index (χ2n) is 10.3. The van der Waals surface area contributed by atoms with Crippen molar-refractivity contribution in [1.29, 1.82) is 0 Å². The van der Waals surface area contributed by atoms with Gasteiger partial charge in [0.05, 0.1) is 11.1 Å². The van der Waals surface area contributed by atoms with Crippen molar-refractivity contribution >= 4 is 22.8 Å². The van der Waals surface area contributed by atoms with Gasteiger partial charge in [-0.05, 0) is 87.5 Å². The Kier molecular flexibility index (Phi) is 4.78. The number of esters is 1. The van der Waals surface area contributed by atoms with E-state index in [0.29, 0.717) is 27.9 Å². The highest BCUT2D eigenvalue weighted by Crippen LogP contribution is 2.55.